The van der Waals surface area contributed by atoms with Crippen molar-refractivity contribution in [2.45, 2.75) is 39.2 Å². The molecule has 1 unspecified atom stereocenters. The number of amides is 1. The van der Waals surface area contributed by atoms with Gasteiger partial charge >= 0.3 is 0 Å². The summed E-state index contributed by atoms with van der Waals surface area (Å²) in [7, 11) is 0. The molecule has 0 fully saturated rings. The van der Waals surface area contributed by atoms with Gasteiger partial charge in [0.1, 0.15) is 5.69 Å². The fourth-order valence-electron chi connectivity index (χ4n) is 3.22. The third-order valence-electron chi connectivity index (χ3n) is 4.89. The molecule has 0 aliphatic heterocycles. The molecule has 1 amide bonds. The van der Waals surface area contributed by atoms with Gasteiger partial charge in [0, 0.05) is 52.6 Å². The van der Waals surface area contributed by atoms with Crippen molar-refractivity contribution < 1.29 is 4.79 Å². The van der Waals surface area contributed by atoms with Gasteiger partial charge in [-0.25, -0.2) is 0 Å². The fourth-order valence-corrected chi connectivity index (χ4v) is 3.35. The van der Waals surface area contributed by atoms with Crippen LogP contribution in [0, 0.1) is 0 Å². The van der Waals surface area contributed by atoms with Gasteiger partial charge in [-0.2, -0.15) is 5.10 Å². The van der Waals surface area contributed by atoms with Gasteiger partial charge in [0.15, 0.2) is 0 Å². The van der Waals surface area contributed by atoms with Gasteiger partial charge in [-0.1, -0.05) is 30.7 Å². The molecule has 3 aromatic rings. The van der Waals surface area contributed by atoms with Crippen molar-refractivity contribution >= 4 is 17.5 Å². The molecule has 1 atom stereocenters. The molecule has 0 aliphatic rings. The van der Waals surface area contributed by atoms with Crippen LogP contribution < -0.4 is 5.32 Å². The molecule has 2 aromatic heterocycles. The number of carbonyl (C=O) groups is 1. The smallest absolute Gasteiger partial charge is 0.217 e. The molecule has 0 spiro atoms. The van der Waals surface area contributed by atoms with E-state index >= 15 is 0 Å². The molecule has 3 rings (SSSR count). The van der Waals surface area contributed by atoms with Crippen LogP contribution in [0.25, 0.3) is 22.4 Å². The number of rotatable bonds is 5. The van der Waals surface area contributed by atoms with Crippen LogP contribution in [0.4, 0.5) is 0 Å². The van der Waals surface area contributed by atoms with Crippen molar-refractivity contribution in [1.82, 2.24) is 20.5 Å². The summed E-state index contributed by atoms with van der Waals surface area (Å²) < 4.78 is 0. The molecule has 1 aromatic carbocycles. The molecule has 6 heteroatoms. The maximum atomic E-state index is 11.7. The molecule has 0 aliphatic carbocycles. The fraction of sp³-hybridized carbons (Fsp3) is 0.286. The zero-order valence-corrected chi connectivity index (χ0v) is 16.6. The summed E-state index contributed by atoms with van der Waals surface area (Å²) in [5, 5.41) is 11.5. The number of hydrogen-bond donors (Lipinski definition) is 2. The number of hydrogen-bond acceptors (Lipinski definition) is 3. The van der Waals surface area contributed by atoms with Crippen LogP contribution in [-0.4, -0.2) is 26.6 Å². The summed E-state index contributed by atoms with van der Waals surface area (Å²) in [4.78, 5) is 15.8. The lowest BCUT2D eigenvalue weighted by molar-refractivity contribution is -0.120. The molecule has 5 nitrogen and oxygen atoms in total. The van der Waals surface area contributed by atoms with Crippen LogP contribution in [0.1, 0.15) is 39.3 Å². The minimum absolute atomic E-state index is 0.00174. The Kier molecular flexibility index (Phi) is 5.33. The Balaban J connectivity index is 2.15. The summed E-state index contributed by atoms with van der Waals surface area (Å²) in [5.74, 6) is -0.0622. The van der Waals surface area contributed by atoms with Crippen LogP contribution in [0.3, 0.4) is 0 Å². The van der Waals surface area contributed by atoms with Crippen LogP contribution >= 0.6 is 11.6 Å². The highest BCUT2D eigenvalue weighted by Gasteiger charge is 2.32. The number of halogens is 1. The first-order valence-electron chi connectivity index (χ1n) is 8.83. The topological polar surface area (TPSA) is 70.7 Å². The summed E-state index contributed by atoms with van der Waals surface area (Å²) in [6.07, 6.45) is 3.53. The summed E-state index contributed by atoms with van der Waals surface area (Å²) in [6, 6.07) is 11.5. The Morgan fingerprint density at radius 3 is 2.33 bits per heavy atom. The molecule has 0 bridgehead atoms. The van der Waals surface area contributed by atoms with E-state index in [0.29, 0.717) is 5.02 Å². The molecular formula is C21H23ClN4O. The first-order chi connectivity index (χ1) is 12.8. The van der Waals surface area contributed by atoms with Crippen LogP contribution in [0.5, 0.6) is 0 Å². The lowest BCUT2D eigenvalue weighted by Crippen LogP contribution is -2.46. The molecule has 0 radical (unpaired) electrons. The number of pyridine rings is 1. The lowest BCUT2D eigenvalue weighted by atomic mass is 9.83. The Labute approximate surface area is 164 Å². The van der Waals surface area contributed by atoms with Crippen molar-refractivity contribution in [3.05, 3.63) is 59.5 Å². The molecule has 140 valence electrons. The number of H-pyrrole nitrogens is 1. The van der Waals surface area contributed by atoms with Gasteiger partial charge < -0.3 is 5.32 Å². The van der Waals surface area contributed by atoms with Crippen LogP contribution in [0.2, 0.25) is 5.02 Å². The zero-order chi connectivity index (χ0) is 19.6. The highest BCUT2D eigenvalue weighted by atomic mass is 35.5. The quantitative estimate of drug-likeness (QED) is 0.665. The van der Waals surface area contributed by atoms with Gasteiger partial charge in [-0.15, -0.1) is 0 Å². The number of nitrogens with one attached hydrogen (secondary N) is 2. The highest BCUT2D eigenvalue weighted by Crippen LogP contribution is 2.39. The second kappa shape index (κ2) is 7.53. The number of nitrogens with zero attached hydrogens (tertiary/aromatic N) is 2. The van der Waals surface area contributed by atoms with Crippen LogP contribution in [0.15, 0.2) is 48.8 Å². The third kappa shape index (κ3) is 4.03. The van der Waals surface area contributed by atoms with E-state index in [4.69, 9.17) is 11.6 Å². The predicted molar refractivity (Wildman–Crippen MR) is 109 cm³/mol. The monoisotopic (exact) mass is 382 g/mol. The first kappa shape index (κ1) is 19.1. The Hall–Kier alpha value is -2.66. The van der Waals surface area contributed by atoms with Crippen molar-refractivity contribution in [3.8, 4) is 22.4 Å². The van der Waals surface area contributed by atoms with Gasteiger partial charge in [0.25, 0.3) is 0 Å². The van der Waals surface area contributed by atoms with E-state index in [9.17, 15) is 4.79 Å². The number of carbonyl (C=O) groups excluding carboxylic acids is 1. The Morgan fingerprint density at radius 1 is 1.11 bits per heavy atom. The van der Waals surface area contributed by atoms with Gasteiger partial charge in [0.05, 0.1) is 0 Å². The maximum absolute atomic E-state index is 11.7. The summed E-state index contributed by atoms with van der Waals surface area (Å²) >= 11 is 6.04. The number of aromatic amines is 1. The lowest BCUT2D eigenvalue weighted by Gasteiger charge is -2.32. The largest absolute Gasteiger partial charge is 0.351 e. The highest BCUT2D eigenvalue weighted by molar-refractivity contribution is 6.30. The molecule has 0 saturated carbocycles. The maximum Gasteiger partial charge on any atom is 0.217 e. The molecule has 0 saturated heterocycles. The van der Waals surface area contributed by atoms with Crippen molar-refractivity contribution in [1.29, 1.82) is 0 Å². The van der Waals surface area contributed by atoms with Gasteiger partial charge in [-0.05, 0) is 43.7 Å². The van der Waals surface area contributed by atoms with Gasteiger partial charge in [-0.3, -0.25) is 14.9 Å². The first-order valence-corrected chi connectivity index (χ1v) is 9.20. The normalized spacial score (nSPS) is 12.6. The number of benzene rings is 1. The van der Waals surface area contributed by atoms with Gasteiger partial charge in [0.2, 0.25) is 5.91 Å². The van der Waals surface area contributed by atoms with E-state index in [-0.39, 0.29) is 11.8 Å². The van der Waals surface area contributed by atoms with Crippen molar-refractivity contribution in [2.75, 3.05) is 0 Å². The number of aromatic nitrogens is 3. The molecule has 2 N–H and O–H groups in total. The average Bonchev–Trinajstić information content (AvgIpc) is 3.06. The SMILES string of the molecule is CC(=O)NC(C)(C)C(C)c1[nH]nc(-c2ccc(Cl)cc2)c1-c1ccncc1. The van der Waals surface area contributed by atoms with E-state index in [1.165, 1.54) is 6.92 Å². The summed E-state index contributed by atoms with van der Waals surface area (Å²) in [5.41, 5.74) is 4.36. The summed E-state index contributed by atoms with van der Waals surface area (Å²) in [6.45, 7) is 7.64. The zero-order valence-electron chi connectivity index (χ0n) is 15.9. The van der Waals surface area contributed by atoms with E-state index in [2.05, 4.69) is 27.4 Å². The van der Waals surface area contributed by atoms with E-state index < -0.39 is 5.54 Å². The molecular weight excluding hydrogens is 360 g/mol. The minimum atomic E-state index is -0.447. The second-order valence-corrected chi connectivity index (χ2v) is 7.66. The van der Waals surface area contributed by atoms with E-state index in [1.807, 2.05) is 50.2 Å². The third-order valence-corrected chi connectivity index (χ3v) is 5.15. The van der Waals surface area contributed by atoms with Crippen molar-refractivity contribution in [2.24, 2.45) is 0 Å². The second-order valence-electron chi connectivity index (χ2n) is 7.23. The molecule has 27 heavy (non-hydrogen) atoms. The Morgan fingerprint density at radius 2 is 1.74 bits per heavy atom. The average molecular weight is 383 g/mol. The van der Waals surface area contributed by atoms with E-state index in [1.54, 1.807) is 12.4 Å². The van der Waals surface area contributed by atoms with Crippen LogP contribution in [-0.2, 0) is 4.79 Å². The minimum Gasteiger partial charge on any atom is -0.351 e. The van der Waals surface area contributed by atoms with Crippen molar-refractivity contribution in [3.63, 3.8) is 0 Å². The van der Waals surface area contributed by atoms with E-state index in [0.717, 1.165) is 28.1 Å². The Bertz CT molecular complexity index is 933. The molecule has 2 heterocycles. The standard InChI is InChI=1S/C21H23ClN4O/c1-13(21(3,4)24-14(2)27)19-18(15-9-11-23-12-10-15)20(26-25-19)16-5-7-17(22)8-6-16/h5-13H,1-4H3,(H,24,27)(H,25,26). The predicted octanol–water partition coefficient (Wildman–Crippen LogP) is 4.81.